The number of aromatic nitrogens is 2. The first-order valence-electron chi connectivity index (χ1n) is 5.07. The second-order valence-corrected chi connectivity index (χ2v) is 3.81. The summed E-state index contributed by atoms with van der Waals surface area (Å²) in [7, 11) is 1.51. The molecular formula is C10H11ClN4O2. The topological polar surface area (TPSA) is 71.3 Å². The maximum Gasteiger partial charge on any atom is 0.199 e. The van der Waals surface area contributed by atoms with Crippen LogP contribution in [0.3, 0.4) is 0 Å². The van der Waals surface area contributed by atoms with Gasteiger partial charge < -0.3 is 14.4 Å². The zero-order valence-electron chi connectivity index (χ0n) is 9.26. The zero-order chi connectivity index (χ0) is 12.3. The Morgan fingerprint density at radius 3 is 3.18 bits per heavy atom. The number of halogens is 1. The lowest BCUT2D eigenvalue weighted by atomic mass is 10.3. The van der Waals surface area contributed by atoms with E-state index in [1.165, 1.54) is 13.4 Å². The van der Waals surface area contributed by atoms with Gasteiger partial charge in [0.15, 0.2) is 22.8 Å². The molecule has 17 heavy (non-hydrogen) atoms. The van der Waals surface area contributed by atoms with Crippen LogP contribution in [0.4, 0.5) is 5.82 Å². The largest absolute Gasteiger partial charge is 0.490 e. The van der Waals surface area contributed by atoms with Gasteiger partial charge in [-0.15, -0.1) is 0 Å². The van der Waals surface area contributed by atoms with Crippen molar-refractivity contribution in [3.05, 3.63) is 11.5 Å². The van der Waals surface area contributed by atoms with E-state index in [0.717, 1.165) is 0 Å². The SMILES string of the molecule is COc1c(Cl)ncnc1N1CCOC(C#N)C1. The van der Waals surface area contributed by atoms with Gasteiger partial charge in [-0.25, -0.2) is 9.97 Å². The number of hydrogen-bond donors (Lipinski definition) is 0. The molecule has 2 heterocycles. The second kappa shape index (κ2) is 5.17. The Morgan fingerprint density at radius 2 is 2.47 bits per heavy atom. The van der Waals surface area contributed by atoms with Gasteiger partial charge >= 0.3 is 0 Å². The Labute approximate surface area is 104 Å². The lowest BCUT2D eigenvalue weighted by Gasteiger charge is -2.31. The van der Waals surface area contributed by atoms with Crippen LogP contribution in [0.5, 0.6) is 5.75 Å². The highest BCUT2D eigenvalue weighted by Crippen LogP contribution is 2.32. The van der Waals surface area contributed by atoms with Crippen molar-refractivity contribution in [2.24, 2.45) is 0 Å². The minimum atomic E-state index is -0.456. The van der Waals surface area contributed by atoms with Crippen LogP contribution >= 0.6 is 11.6 Å². The molecule has 1 aliphatic rings. The number of ether oxygens (including phenoxy) is 2. The maximum atomic E-state index is 8.85. The molecule has 1 fully saturated rings. The van der Waals surface area contributed by atoms with E-state index < -0.39 is 6.10 Å². The average molecular weight is 255 g/mol. The van der Waals surface area contributed by atoms with Crippen LogP contribution in [0.25, 0.3) is 0 Å². The third-order valence-corrected chi connectivity index (χ3v) is 2.72. The monoisotopic (exact) mass is 254 g/mol. The van der Waals surface area contributed by atoms with Crippen molar-refractivity contribution in [2.75, 3.05) is 31.7 Å². The molecule has 0 saturated carbocycles. The van der Waals surface area contributed by atoms with Crippen LogP contribution in [-0.4, -0.2) is 42.9 Å². The molecule has 7 heteroatoms. The van der Waals surface area contributed by atoms with E-state index in [4.69, 9.17) is 26.3 Å². The number of methoxy groups -OCH3 is 1. The van der Waals surface area contributed by atoms with Crippen molar-refractivity contribution in [3.8, 4) is 11.8 Å². The van der Waals surface area contributed by atoms with E-state index in [-0.39, 0.29) is 5.15 Å². The van der Waals surface area contributed by atoms with Crippen LogP contribution in [0, 0.1) is 11.3 Å². The first-order chi connectivity index (χ1) is 8.26. The predicted molar refractivity (Wildman–Crippen MR) is 61.2 cm³/mol. The first kappa shape index (κ1) is 11.9. The number of rotatable bonds is 2. The van der Waals surface area contributed by atoms with E-state index in [0.29, 0.717) is 31.3 Å². The number of nitrogens with zero attached hydrogens (tertiary/aromatic N) is 4. The number of hydrogen-bond acceptors (Lipinski definition) is 6. The van der Waals surface area contributed by atoms with Gasteiger partial charge in [0.05, 0.1) is 26.3 Å². The smallest absolute Gasteiger partial charge is 0.199 e. The number of morpholine rings is 1. The Morgan fingerprint density at radius 1 is 1.65 bits per heavy atom. The molecule has 0 amide bonds. The average Bonchev–Trinajstić information content (AvgIpc) is 2.38. The van der Waals surface area contributed by atoms with Gasteiger partial charge in [0.2, 0.25) is 0 Å². The van der Waals surface area contributed by atoms with Crippen molar-refractivity contribution < 1.29 is 9.47 Å². The third kappa shape index (κ3) is 2.40. The lowest BCUT2D eigenvalue weighted by Crippen LogP contribution is -2.42. The summed E-state index contributed by atoms with van der Waals surface area (Å²) in [6.45, 7) is 1.56. The van der Waals surface area contributed by atoms with Gasteiger partial charge in [-0.05, 0) is 0 Å². The van der Waals surface area contributed by atoms with E-state index in [2.05, 4.69) is 16.0 Å². The van der Waals surface area contributed by atoms with E-state index >= 15 is 0 Å². The molecule has 0 aliphatic carbocycles. The highest BCUT2D eigenvalue weighted by molar-refractivity contribution is 6.31. The molecule has 1 aromatic rings. The van der Waals surface area contributed by atoms with E-state index in [1.807, 2.05) is 4.90 Å². The summed E-state index contributed by atoms with van der Waals surface area (Å²) in [6, 6.07) is 2.07. The Balaban J connectivity index is 2.28. The fourth-order valence-corrected chi connectivity index (χ4v) is 1.87. The summed E-state index contributed by atoms with van der Waals surface area (Å²) in [5, 5.41) is 9.11. The molecule has 0 N–H and O–H groups in total. The molecule has 0 radical (unpaired) electrons. The van der Waals surface area contributed by atoms with Crippen molar-refractivity contribution in [3.63, 3.8) is 0 Å². The zero-order valence-corrected chi connectivity index (χ0v) is 10.0. The molecule has 0 bridgehead atoms. The van der Waals surface area contributed by atoms with E-state index in [1.54, 1.807) is 0 Å². The molecule has 1 aromatic heterocycles. The highest BCUT2D eigenvalue weighted by atomic mass is 35.5. The standard InChI is InChI=1S/C10H11ClN4O2/c1-16-8-9(11)13-6-14-10(8)15-2-3-17-7(4-12)5-15/h6-7H,2-3,5H2,1H3. The second-order valence-electron chi connectivity index (χ2n) is 3.46. The Hall–Kier alpha value is -1.58. The molecule has 90 valence electrons. The Bertz CT molecular complexity index is 448. The summed E-state index contributed by atoms with van der Waals surface area (Å²) in [4.78, 5) is 9.90. The van der Waals surface area contributed by atoms with Crippen LogP contribution in [0.15, 0.2) is 6.33 Å². The number of anilines is 1. The molecule has 0 aromatic carbocycles. The van der Waals surface area contributed by atoms with Gasteiger partial charge in [0, 0.05) is 6.54 Å². The van der Waals surface area contributed by atoms with Crippen molar-refractivity contribution >= 4 is 17.4 Å². The summed E-state index contributed by atoms with van der Waals surface area (Å²) in [5.74, 6) is 1.02. The Kier molecular flexibility index (Phi) is 3.61. The van der Waals surface area contributed by atoms with Crippen molar-refractivity contribution in [2.45, 2.75) is 6.10 Å². The van der Waals surface area contributed by atoms with Crippen molar-refractivity contribution in [1.82, 2.24) is 9.97 Å². The van der Waals surface area contributed by atoms with Crippen LogP contribution < -0.4 is 9.64 Å². The van der Waals surface area contributed by atoms with Crippen molar-refractivity contribution in [1.29, 1.82) is 5.26 Å². The molecule has 0 spiro atoms. The van der Waals surface area contributed by atoms with Gasteiger partial charge in [0.25, 0.3) is 0 Å². The van der Waals surface area contributed by atoms with Crippen LogP contribution in [0.1, 0.15) is 0 Å². The molecule has 1 unspecified atom stereocenters. The fraction of sp³-hybridized carbons (Fsp3) is 0.500. The fourth-order valence-electron chi connectivity index (χ4n) is 1.66. The number of nitriles is 1. The normalized spacial score (nSPS) is 19.8. The lowest BCUT2D eigenvalue weighted by molar-refractivity contribution is 0.0759. The molecule has 1 aliphatic heterocycles. The molecular weight excluding hydrogens is 244 g/mol. The maximum absolute atomic E-state index is 8.85. The molecule has 1 saturated heterocycles. The van der Waals surface area contributed by atoms with Gasteiger partial charge in [-0.2, -0.15) is 5.26 Å². The highest BCUT2D eigenvalue weighted by Gasteiger charge is 2.24. The van der Waals surface area contributed by atoms with Crippen LogP contribution in [-0.2, 0) is 4.74 Å². The summed E-state index contributed by atoms with van der Waals surface area (Å²) >= 11 is 5.92. The molecule has 2 rings (SSSR count). The van der Waals surface area contributed by atoms with Gasteiger partial charge in [0.1, 0.15) is 6.33 Å². The van der Waals surface area contributed by atoms with E-state index in [9.17, 15) is 0 Å². The van der Waals surface area contributed by atoms with Gasteiger partial charge in [-0.3, -0.25) is 0 Å². The minimum absolute atomic E-state index is 0.262. The summed E-state index contributed by atoms with van der Waals surface area (Å²) in [5.41, 5.74) is 0. The third-order valence-electron chi connectivity index (χ3n) is 2.46. The molecule has 1 atom stereocenters. The summed E-state index contributed by atoms with van der Waals surface area (Å²) in [6.07, 6.45) is 0.916. The summed E-state index contributed by atoms with van der Waals surface area (Å²) < 4.78 is 10.4. The first-order valence-corrected chi connectivity index (χ1v) is 5.44. The predicted octanol–water partition coefficient (Wildman–Crippen LogP) is 0.867. The quantitative estimate of drug-likeness (QED) is 0.729. The van der Waals surface area contributed by atoms with Gasteiger partial charge in [-0.1, -0.05) is 11.6 Å². The molecule has 6 nitrogen and oxygen atoms in total. The minimum Gasteiger partial charge on any atom is -0.490 e. The van der Waals surface area contributed by atoms with Crippen LogP contribution in [0.2, 0.25) is 5.15 Å².